The van der Waals surface area contributed by atoms with Gasteiger partial charge in [0.2, 0.25) is 5.91 Å². The summed E-state index contributed by atoms with van der Waals surface area (Å²) in [5, 5.41) is 9.34. The summed E-state index contributed by atoms with van der Waals surface area (Å²) in [6.07, 6.45) is 1.68. The first-order valence-corrected chi connectivity index (χ1v) is 7.64. The molecular formula is C13H21N3O2S. The molecule has 2 atom stereocenters. The van der Waals surface area contributed by atoms with Gasteiger partial charge in [-0.05, 0) is 13.3 Å². The minimum Gasteiger partial charge on any atom is -0.375 e. The highest BCUT2D eigenvalue weighted by molar-refractivity contribution is 7.09. The normalized spacial score (nSPS) is 23.3. The van der Waals surface area contributed by atoms with Crippen molar-refractivity contribution in [3.8, 4) is 0 Å². The number of morpholine rings is 1. The summed E-state index contributed by atoms with van der Waals surface area (Å²) in [7, 11) is 0. The van der Waals surface area contributed by atoms with E-state index in [-0.39, 0.29) is 18.1 Å². The number of ether oxygens (including phenoxy) is 1. The van der Waals surface area contributed by atoms with Gasteiger partial charge in [-0.2, -0.15) is 0 Å². The first kappa shape index (κ1) is 14.4. The smallest absolute Gasteiger partial charge is 0.239 e. The van der Waals surface area contributed by atoms with Crippen LogP contribution < -0.4 is 10.6 Å². The number of nitrogens with one attached hydrogen (secondary N) is 2. The van der Waals surface area contributed by atoms with E-state index in [4.69, 9.17) is 4.74 Å². The lowest BCUT2D eigenvalue weighted by Gasteiger charge is -2.29. The van der Waals surface area contributed by atoms with E-state index in [2.05, 4.69) is 27.9 Å². The summed E-state index contributed by atoms with van der Waals surface area (Å²) in [5.74, 6) is 0.0122. The summed E-state index contributed by atoms with van der Waals surface area (Å²) in [6, 6.07) is -0.240. The lowest BCUT2D eigenvalue weighted by molar-refractivity contribution is -0.128. The van der Waals surface area contributed by atoms with E-state index in [1.165, 1.54) is 0 Å². The quantitative estimate of drug-likeness (QED) is 0.837. The molecule has 1 aromatic heterocycles. The Morgan fingerprint density at radius 2 is 2.53 bits per heavy atom. The van der Waals surface area contributed by atoms with Crippen molar-refractivity contribution in [3.63, 3.8) is 0 Å². The molecule has 5 nitrogen and oxygen atoms in total. The highest BCUT2D eigenvalue weighted by atomic mass is 32.1. The lowest BCUT2D eigenvalue weighted by Crippen LogP contribution is -2.55. The molecule has 1 saturated heterocycles. The summed E-state index contributed by atoms with van der Waals surface area (Å²) < 4.78 is 5.46. The summed E-state index contributed by atoms with van der Waals surface area (Å²) >= 11 is 1.68. The third-order valence-electron chi connectivity index (χ3n) is 3.18. The number of thiazole rings is 1. The van der Waals surface area contributed by atoms with Crippen molar-refractivity contribution in [2.45, 2.75) is 38.8 Å². The van der Waals surface area contributed by atoms with Gasteiger partial charge >= 0.3 is 0 Å². The van der Waals surface area contributed by atoms with Gasteiger partial charge < -0.3 is 15.4 Å². The molecule has 0 aromatic carbocycles. The summed E-state index contributed by atoms with van der Waals surface area (Å²) in [5.41, 5.74) is 1.06. The maximum Gasteiger partial charge on any atom is 0.239 e. The van der Waals surface area contributed by atoms with E-state index in [0.717, 1.165) is 30.1 Å². The molecular weight excluding hydrogens is 262 g/mol. The van der Waals surface area contributed by atoms with E-state index in [9.17, 15) is 4.79 Å². The molecule has 0 aliphatic carbocycles. The zero-order chi connectivity index (χ0) is 13.7. The average Bonchev–Trinajstić information content (AvgIpc) is 2.87. The SMILES string of the molecule is CCc1nc(CCNC(=O)[C@H]2NCCO[C@@H]2C)cs1. The van der Waals surface area contributed by atoms with E-state index in [1.54, 1.807) is 11.3 Å². The highest BCUT2D eigenvalue weighted by Gasteiger charge is 2.27. The molecule has 2 rings (SSSR count). The third-order valence-corrected chi connectivity index (χ3v) is 4.22. The molecule has 106 valence electrons. The first-order valence-electron chi connectivity index (χ1n) is 6.76. The molecule has 2 heterocycles. The fourth-order valence-electron chi connectivity index (χ4n) is 2.08. The number of aryl methyl sites for hydroxylation is 1. The van der Waals surface area contributed by atoms with Crippen LogP contribution in [0.5, 0.6) is 0 Å². The largest absolute Gasteiger partial charge is 0.375 e. The monoisotopic (exact) mass is 283 g/mol. The Morgan fingerprint density at radius 1 is 1.68 bits per heavy atom. The first-order chi connectivity index (χ1) is 9.20. The van der Waals surface area contributed by atoms with Crippen LogP contribution in [0.15, 0.2) is 5.38 Å². The van der Waals surface area contributed by atoms with E-state index in [1.807, 2.05) is 6.92 Å². The van der Waals surface area contributed by atoms with Gasteiger partial charge in [-0.3, -0.25) is 4.79 Å². The van der Waals surface area contributed by atoms with Crippen molar-refractivity contribution in [3.05, 3.63) is 16.1 Å². The van der Waals surface area contributed by atoms with Gasteiger partial charge in [-0.25, -0.2) is 4.98 Å². The van der Waals surface area contributed by atoms with Crippen LogP contribution in [-0.4, -0.2) is 42.7 Å². The van der Waals surface area contributed by atoms with Crippen LogP contribution in [0.3, 0.4) is 0 Å². The second kappa shape index (κ2) is 6.98. The van der Waals surface area contributed by atoms with E-state index >= 15 is 0 Å². The predicted octanol–water partition coefficient (Wildman–Crippen LogP) is 0.741. The Kier molecular flexibility index (Phi) is 5.30. The molecule has 1 amide bonds. The molecule has 1 fully saturated rings. The van der Waals surface area contributed by atoms with Crippen LogP contribution >= 0.6 is 11.3 Å². The molecule has 0 bridgehead atoms. The number of rotatable bonds is 5. The van der Waals surface area contributed by atoms with Crippen molar-refractivity contribution >= 4 is 17.2 Å². The van der Waals surface area contributed by atoms with Crippen molar-refractivity contribution in [1.29, 1.82) is 0 Å². The summed E-state index contributed by atoms with van der Waals surface area (Å²) in [4.78, 5) is 16.5. The van der Waals surface area contributed by atoms with Gasteiger partial charge in [0, 0.05) is 24.9 Å². The molecule has 1 aliphatic heterocycles. The van der Waals surface area contributed by atoms with Gasteiger partial charge in [0.1, 0.15) is 6.04 Å². The lowest BCUT2D eigenvalue weighted by atomic mass is 10.1. The van der Waals surface area contributed by atoms with Crippen LogP contribution in [0.1, 0.15) is 24.5 Å². The number of hydrogen-bond donors (Lipinski definition) is 2. The molecule has 0 radical (unpaired) electrons. The molecule has 0 saturated carbocycles. The number of hydrogen-bond acceptors (Lipinski definition) is 5. The van der Waals surface area contributed by atoms with Crippen LogP contribution in [0, 0.1) is 0 Å². The Morgan fingerprint density at radius 3 is 3.21 bits per heavy atom. The zero-order valence-corrected chi connectivity index (χ0v) is 12.3. The molecule has 1 aromatic rings. The van der Waals surface area contributed by atoms with E-state index < -0.39 is 0 Å². The van der Waals surface area contributed by atoms with Crippen LogP contribution in [0.4, 0.5) is 0 Å². The summed E-state index contributed by atoms with van der Waals surface area (Å²) in [6.45, 7) is 6.04. The van der Waals surface area contributed by atoms with Crippen molar-refractivity contribution in [2.24, 2.45) is 0 Å². The molecule has 1 aliphatic rings. The Bertz CT molecular complexity index is 422. The predicted molar refractivity (Wildman–Crippen MR) is 75.4 cm³/mol. The van der Waals surface area contributed by atoms with Crippen molar-refractivity contribution < 1.29 is 9.53 Å². The molecule has 19 heavy (non-hydrogen) atoms. The average molecular weight is 283 g/mol. The van der Waals surface area contributed by atoms with Gasteiger partial charge in [0.25, 0.3) is 0 Å². The second-order valence-electron chi connectivity index (χ2n) is 4.63. The molecule has 2 N–H and O–H groups in total. The van der Waals surface area contributed by atoms with Crippen molar-refractivity contribution in [2.75, 3.05) is 19.7 Å². The number of amides is 1. The minimum absolute atomic E-state index is 0.0122. The molecule has 6 heteroatoms. The number of carbonyl (C=O) groups is 1. The maximum atomic E-state index is 12.0. The standard InChI is InChI=1S/C13H21N3O2S/c1-3-11-16-10(8-19-11)4-5-15-13(17)12-9(2)18-7-6-14-12/h8-9,12,14H,3-7H2,1-2H3,(H,15,17)/t9-,12+/m1/s1. The van der Waals surface area contributed by atoms with Gasteiger partial charge in [-0.15, -0.1) is 11.3 Å². The molecule has 0 unspecified atom stereocenters. The topological polar surface area (TPSA) is 63.2 Å². The van der Waals surface area contributed by atoms with Crippen LogP contribution in [0.2, 0.25) is 0 Å². The van der Waals surface area contributed by atoms with Crippen LogP contribution in [-0.2, 0) is 22.4 Å². The Hall–Kier alpha value is -0.980. The van der Waals surface area contributed by atoms with Crippen molar-refractivity contribution in [1.82, 2.24) is 15.6 Å². The van der Waals surface area contributed by atoms with Gasteiger partial charge in [0.15, 0.2) is 0 Å². The molecule has 0 spiro atoms. The fourth-order valence-corrected chi connectivity index (χ4v) is 2.86. The Balaban J connectivity index is 1.74. The zero-order valence-electron chi connectivity index (χ0n) is 11.4. The van der Waals surface area contributed by atoms with E-state index in [0.29, 0.717) is 13.2 Å². The van der Waals surface area contributed by atoms with Gasteiger partial charge in [-0.1, -0.05) is 6.92 Å². The highest BCUT2D eigenvalue weighted by Crippen LogP contribution is 2.10. The second-order valence-corrected chi connectivity index (χ2v) is 5.58. The maximum absolute atomic E-state index is 12.0. The number of aromatic nitrogens is 1. The van der Waals surface area contributed by atoms with Crippen LogP contribution in [0.25, 0.3) is 0 Å². The number of nitrogens with zero attached hydrogens (tertiary/aromatic N) is 1. The van der Waals surface area contributed by atoms with Gasteiger partial charge in [0.05, 0.1) is 23.4 Å². The minimum atomic E-state index is -0.240. The Labute approximate surface area is 117 Å². The third kappa shape index (κ3) is 3.99. The fraction of sp³-hybridized carbons (Fsp3) is 0.692. The number of carbonyl (C=O) groups excluding carboxylic acids is 1.